The Kier molecular flexibility index (Phi) is 10.7. The van der Waals surface area contributed by atoms with Crippen LogP contribution < -0.4 is 4.72 Å². The second-order valence-electron chi connectivity index (χ2n) is 5.13. The SMILES string of the molecule is O=S(=O)(NCCCOCCCCCCCBr)c1ccccc1. The molecule has 0 bridgehead atoms. The third kappa shape index (κ3) is 8.88. The van der Waals surface area contributed by atoms with Crippen LogP contribution in [-0.2, 0) is 14.8 Å². The Hall–Kier alpha value is -0.430. The van der Waals surface area contributed by atoms with Crippen molar-refractivity contribution >= 4 is 26.0 Å². The number of ether oxygens (including phenoxy) is 1. The molecule has 0 spiro atoms. The molecule has 6 heteroatoms. The summed E-state index contributed by atoms with van der Waals surface area (Å²) in [5.41, 5.74) is 0. The topological polar surface area (TPSA) is 55.4 Å². The van der Waals surface area contributed by atoms with Crippen LogP contribution in [0.3, 0.4) is 0 Å². The summed E-state index contributed by atoms with van der Waals surface area (Å²) in [6, 6.07) is 8.42. The van der Waals surface area contributed by atoms with Crippen LogP contribution in [0.5, 0.6) is 0 Å². The van der Waals surface area contributed by atoms with Gasteiger partial charge in [-0.05, 0) is 31.4 Å². The van der Waals surface area contributed by atoms with E-state index in [1.54, 1.807) is 30.3 Å². The van der Waals surface area contributed by atoms with Crippen LogP contribution in [0.1, 0.15) is 38.5 Å². The molecule has 0 saturated carbocycles. The minimum atomic E-state index is -3.38. The Morgan fingerprint density at radius 3 is 2.27 bits per heavy atom. The molecule has 0 unspecified atom stereocenters. The summed E-state index contributed by atoms with van der Waals surface area (Å²) in [7, 11) is -3.38. The van der Waals surface area contributed by atoms with Gasteiger partial charge in [0.2, 0.25) is 10.0 Å². The Morgan fingerprint density at radius 1 is 0.909 bits per heavy atom. The van der Waals surface area contributed by atoms with Crippen LogP contribution in [0.4, 0.5) is 0 Å². The van der Waals surface area contributed by atoms with E-state index in [2.05, 4.69) is 20.7 Å². The van der Waals surface area contributed by atoms with E-state index in [-0.39, 0.29) is 0 Å². The molecule has 0 aliphatic heterocycles. The first-order valence-corrected chi connectivity index (χ1v) is 10.5. The van der Waals surface area contributed by atoms with Crippen molar-refractivity contribution in [2.75, 3.05) is 25.1 Å². The van der Waals surface area contributed by atoms with E-state index in [4.69, 9.17) is 4.74 Å². The second-order valence-corrected chi connectivity index (χ2v) is 7.69. The zero-order valence-electron chi connectivity index (χ0n) is 13.0. The molecule has 0 atom stereocenters. The molecule has 1 N–H and O–H groups in total. The lowest BCUT2D eigenvalue weighted by Gasteiger charge is -2.07. The van der Waals surface area contributed by atoms with E-state index < -0.39 is 10.0 Å². The van der Waals surface area contributed by atoms with E-state index in [9.17, 15) is 8.42 Å². The van der Waals surface area contributed by atoms with Crippen molar-refractivity contribution in [1.29, 1.82) is 0 Å². The quantitative estimate of drug-likeness (QED) is 0.411. The molecule has 0 aromatic heterocycles. The van der Waals surface area contributed by atoms with Crippen molar-refractivity contribution in [3.63, 3.8) is 0 Å². The van der Waals surface area contributed by atoms with E-state index >= 15 is 0 Å². The van der Waals surface area contributed by atoms with Gasteiger partial charge in [-0.15, -0.1) is 0 Å². The summed E-state index contributed by atoms with van der Waals surface area (Å²) < 4.78 is 32.0. The van der Waals surface area contributed by atoms with Gasteiger partial charge in [-0.25, -0.2) is 13.1 Å². The molecule has 4 nitrogen and oxygen atoms in total. The van der Waals surface area contributed by atoms with Crippen LogP contribution in [0, 0.1) is 0 Å². The molecule has 0 aliphatic carbocycles. The molecule has 22 heavy (non-hydrogen) atoms. The fraction of sp³-hybridized carbons (Fsp3) is 0.625. The van der Waals surface area contributed by atoms with Crippen LogP contribution in [-0.4, -0.2) is 33.5 Å². The highest BCUT2D eigenvalue weighted by Gasteiger charge is 2.11. The smallest absolute Gasteiger partial charge is 0.240 e. The van der Waals surface area contributed by atoms with E-state index in [1.807, 2.05) is 0 Å². The number of sulfonamides is 1. The van der Waals surface area contributed by atoms with Gasteiger partial charge in [-0.1, -0.05) is 53.4 Å². The van der Waals surface area contributed by atoms with Crippen LogP contribution in [0.25, 0.3) is 0 Å². The highest BCUT2D eigenvalue weighted by Crippen LogP contribution is 2.07. The van der Waals surface area contributed by atoms with Gasteiger partial charge in [0.1, 0.15) is 0 Å². The number of alkyl halides is 1. The molecular weight excluding hydrogens is 366 g/mol. The van der Waals surface area contributed by atoms with Crippen molar-refractivity contribution in [3.05, 3.63) is 30.3 Å². The summed E-state index contributed by atoms with van der Waals surface area (Å²) in [5, 5.41) is 1.09. The Morgan fingerprint density at radius 2 is 1.55 bits per heavy atom. The molecular formula is C16H26BrNO3S. The van der Waals surface area contributed by atoms with Gasteiger partial charge in [-0.2, -0.15) is 0 Å². The summed E-state index contributed by atoms with van der Waals surface area (Å²) in [6.45, 7) is 1.76. The van der Waals surface area contributed by atoms with Gasteiger partial charge in [0.15, 0.2) is 0 Å². The lowest BCUT2D eigenvalue weighted by atomic mass is 10.2. The van der Waals surface area contributed by atoms with Crippen LogP contribution in [0.15, 0.2) is 35.2 Å². The summed E-state index contributed by atoms with van der Waals surface area (Å²) in [4.78, 5) is 0.305. The fourth-order valence-corrected chi connectivity index (χ4v) is 3.49. The van der Waals surface area contributed by atoms with E-state index in [0.717, 1.165) is 18.4 Å². The van der Waals surface area contributed by atoms with Crippen molar-refractivity contribution in [2.45, 2.75) is 43.4 Å². The molecule has 126 valence electrons. The second kappa shape index (κ2) is 12.0. The average molecular weight is 392 g/mol. The van der Waals surface area contributed by atoms with Crippen LogP contribution >= 0.6 is 15.9 Å². The monoisotopic (exact) mass is 391 g/mol. The minimum absolute atomic E-state index is 0.305. The molecule has 1 rings (SSSR count). The Bertz CT molecular complexity index is 479. The van der Waals surface area contributed by atoms with Gasteiger partial charge in [0.05, 0.1) is 4.90 Å². The molecule has 1 aromatic rings. The first-order valence-electron chi connectivity index (χ1n) is 7.85. The van der Waals surface area contributed by atoms with Crippen molar-refractivity contribution in [2.24, 2.45) is 0 Å². The van der Waals surface area contributed by atoms with Crippen molar-refractivity contribution in [1.82, 2.24) is 4.72 Å². The fourth-order valence-electron chi connectivity index (χ4n) is 1.99. The number of unbranched alkanes of at least 4 members (excludes halogenated alkanes) is 4. The third-order valence-electron chi connectivity index (χ3n) is 3.23. The zero-order valence-corrected chi connectivity index (χ0v) is 15.4. The number of halogens is 1. The van der Waals surface area contributed by atoms with E-state index in [0.29, 0.717) is 24.5 Å². The number of benzene rings is 1. The first kappa shape index (κ1) is 19.6. The number of nitrogens with one attached hydrogen (secondary N) is 1. The minimum Gasteiger partial charge on any atom is -0.381 e. The molecule has 0 amide bonds. The lowest BCUT2D eigenvalue weighted by molar-refractivity contribution is 0.128. The predicted molar refractivity (Wildman–Crippen MR) is 93.9 cm³/mol. The van der Waals surface area contributed by atoms with Gasteiger partial charge in [-0.3, -0.25) is 0 Å². The molecule has 0 fully saturated rings. The molecule has 0 heterocycles. The lowest BCUT2D eigenvalue weighted by Crippen LogP contribution is -2.25. The molecule has 0 saturated heterocycles. The third-order valence-corrected chi connectivity index (χ3v) is 5.27. The normalized spacial score (nSPS) is 11.7. The maximum absolute atomic E-state index is 11.9. The zero-order chi connectivity index (χ0) is 16.1. The van der Waals surface area contributed by atoms with Gasteiger partial charge >= 0.3 is 0 Å². The predicted octanol–water partition coefficient (Wildman–Crippen LogP) is 3.72. The maximum Gasteiger partial charge on any atom is 0.240 e. The van der Waals surface area contributed by atoms with E-state index in [1.165, 1.54) is 25.7 Å². The molecule has 1 aromatic carbocycles. The van der Waals surface area contributed by atoms with Crippen molar-refractivity contribution < 1.29 is 13.2 Å². The summed E-state index contributed by atoms with van der Waals surface area (Å²) >= 11 is 3.42. The average Bonchev–Trinajstić information content (AvgIpc) is 2.53. The standard InChI is InChI=1S/C16H26BrNO3S/c17-12-7-2-1-3-8-14-21-15-9-13-18-22(19,20)16-10-5-4-6-11-16/h4-6,10-11,18H,1-3,7-9,12-15H2. The Labute approximate surface area is 142 Å². The largest absolute Gasteiger partial charge is 0.381 e. The highest BCUT2D eigenvalue weighted by molar-refractivity contribution is 9.09. The van der Waals surface area contributed by atoms with Crippen molar-refractivity contribution in [3.8, 4) is 0 Å². The summed E-state index contributed by atoms with van der Waals surface area (Å²) in [6.07, 6.45) is 6.74. The highest BCUT2D eigenvalue weighted by atomic mass is 79.9. The summed E-state index contributed by atoms with van der Waals surface area (Å²) in [5.74, 6) is 0. The van der Waals surface area contributed by atoms with Crippen LogP contribution in [0.2, 0.25) is 0 Å². The number of rotatable bonds is 13. The van der Waals surface area contributed by atoms with Gasteiger partial charge in [0, 0.05) is 25.1 Å². The van der Waals surface area contributed by atoms with Gasteiger partial charge < -0.3 is 4.74 Å². The Balaban J connectivity index is 1.99. The molecule has 0 aliphatic rings. The number of hydrogen-bond donors (Lipinski definition) is 1. The molecule has 0 radical (unpaired) electrons. The maximum atomic E-state index is 11.9. The number of hydrogen-bond acceptors (Lipinski definition) is 3. The van der Waals surface area contributed by atoms with Gasteiger partial charge in [0.25, 0.3) is 0 Å². The first-order chi connectivity index (χ1) is 10.7.